The molecule has 3 heteroatoms. The lowest BCUT2D eigenvalue weighted by Crippen LogP contribution is -2.02. The van der Waals surface area contributed by atoms with Crippen LogP contribution in [0.3, 0.4) is 0 Å². The Morgan fingerprint density at radius 3 is 2.05 bits per heavy atom. The first-order chi connectivity index (χ1) is 9.20. The quantitative estimate of drug-likeness (QED) is 0.665. The standard InChI is InChI=1S/C16H16O2S/c1-12-2-4-13(5-3-12)16(17)14-6-8-15(9-7-14)18-10-11-19/h2-9,19H,10-11H2,1H3. The molecule has 0 N–H and O–H groups in total. The highest BCUT2D eigenvalue weighted by atomic mass is 32.1. The van der Waals surface area contributed by atoms with E-state index in [9.17, 15) is 4.79 Å². The zero-order chi connectivity index (χ0) is 13.7. The van der Waals surface area contributed by atoms with Crippen molar-refractivity contribution in [2.24, 2.45) is 0 Å². The summed E-state index contributed by atoms with van der Waals surface area (Å²) in [5.41, 5.74) is 2.52. The Morgan fingerprint density at radius 1 is 1.00 bits per heavy atom. The van der Waals surface area contributed by atoms with Crippen LogP contribution in [0.4, 0.5) is 0 Å². The molecule has 2 aromatic carbocycles. The number of hydrogen-bond donors (Lipinski definition) is 1. The van der Waals surface area contributed by atoms with Gasteiger partial charge in [-0.25, -0.2) is 0 Å². The van der Waals surface area contributed by atoms with Crippen molar-refractivity contribution in [3.63, 3.8) is 0 Å². The van der Waals surface area contributed by atoms with Crippen molar-refractivity contribution < 1.29 is 9.53 Å². The van der Waals surface area contributed by atoms with Gasteiger partial charge in [0.25, 0.3) is 0 Å². The van der Waals surface area contributed by atoms with Crippen LogP contribution in [-0.4, -0.2) is 18.1 Å². The summed E-state index contributed by atoms with van der Waals surface area (Å²) in [5.74, 6) is 1.46. The number of hydrogen-bond acceptors (Lipinski definition) is 3. The fourth-order valence-electron chi connectivity index (χ4n) is 1.74. The minimum Gasteiger partial charge on any atom is -0.493 e. The topological polar surface area (TPSA) is 26.3 Å². The fraction of sp³-hybridized carbons (Fsp3) is 0.188. The molecule has 2 rings (SSSR count). The number of benzene rings is 2. The van der Waals surface area contributed by atoms with E-state index in [1.807, 2.05) is 43.3 Å². The summed E-state index contributed by atoms with van der Waals surface area (Å²) in [6.45, 7) is 2.57. The summed E-state index contributed by atoms with van der Waals surface area (Å²) >= 11 is 4.08. The van der Waals surface area contributed by atoms with Gasteiger partial charge in [-0.3, -0.25) is 4.79 Å². The molecule has 2 nitrogen and oxygen atoms in total. The highest BCUT2D eigenvalue weighted by Gasteiger charge is 2.08. The van der Waals surface area contributed by atoms with E-state index >= 15 is 0 Å². The number of thiol groups is 1. The average Bonchev–Trinajstić information content (AvgIpc) is 2.46. The van der Waals surface area contributed by atoms with Gasteiger partial charge in [-0.1, -0.05) is 29.8 Å². The van der Waals surface area contributed by atoms with Gasteiger partial charge in [0, 0.05) is 16.9 Å². The molecule has 0 aromatic heterocycles. The molecule has 0 spiro atoms. The molecule has 19 heavy (non-hydrogen) atoms. The maximum Gasteiger partial charge on any atom is 0.193 e. The van der Waals surface area contributed by atoms with E-state index in [1.54, 1.807) is 12.1 Å². The first kappa shape index (κ1) is 13.7. The third kappa shape index (κ3) is 3.61. The summed E-state index contributed by atoms with van der Waals surface area (Å²) in [6, 6.07) is 14.8. The normalized spacial score (nSPS) is 10.2. The molecule has 0 fully saturated rings. The molecule has 2 aromatic rings. The maximum absolute atomic E-state index is 12.2. The van der Waals surface area contributed by atoms with Crippen LogP contribution >= 0.6 is 12.6 Å². The first-order valence-corrected chi connectivity index (χ1v) is 6.79. The number of rotatable bonds is 5. The minimum absolute atomic E-state index is 0.0285. The van der Waals surface area contributed by atoms with Crippen LogP contribution in [-0.2, 0) is 0 Å². The lowest BCUT2D eigenvalue weighted by molar-refractivity contribution is 0.103. The van der Waals surface area contributed by atoms with E-state index in [2.05, 4.69) is 12.6 Å². The van der Waals surface area contributed by atoms with Gasteiger partial charge in [0.15, 0.2) is 5.78 Å². The van der Waals surface area contributed by atoms with Crippen molar-refractivity contribution in [1.29, 1.82) is 0 Å². The monoisotopic (exact) mass is 272 g/mol. The Hall–Kier alpha value is -1.74. The number of ketones is 1. The minimum atomic E-state index is 0.0285. The third-order valence-electron chi connectivity index (χ3n) is 2.79. The zero-order valence-electron chi connectivity index (χ0n) is 10.8. The van der Waals surface area contributed by atoms with Gasteiger partial charge in [0.2, 0.25) is 0 Å². The third-order valence-corrected chi connectivity index (χ3v) is 2.97. The molecular weight excluding hydrogens is 256 g/mol. The molecule has 0 heterocycles. The summed E-state index contributed by atoms with van der Waals surface area (Å²) in [7, 11) is 0. The summed E-state index contributed by atoms with van der Waals surface area (Å²) in [5, 5.41) is 0. The molecule has 0 amide bonds. The molecule has 0 atom stereocenters. The number of carbonyl (C=O) groups is 1. The van der Waals surface area contributed by atoms with Crippen LogP contribution < -0.4 is 4.74 Å². The molecule has 0 bridgehead atoms. The average molecular weight is 272 g/mol. The molecule has 0 saturated carbocycles. The number of carbonyl (C=O) groups excluding carboxylic acids is 1. The van der Waals surface area contributed by atoms with E-state index in [0.717, 1.165) is 11.3 Å². The van der Waals surface area contributed by atoms with Gasteiger partial charge < -0.3 is 4.74 Å². The molecule has 0 aliphatic heterocycles. The van der Waals surface area contributed by atoms with Crippen molar-refractivity contribution in [2.45, 2.75) is 6.92 Å². The SMILES string of the molecule is Cc1ccc(C(=O)c2ccc(OCCS)cc2)cc1. The number of aryl methyl sites for hydroxylation is 1. The second-order valence-corrected chi connectivity index (χ2v) is 4.74. The highest BCUT2D eigenvalue weighted by molar-refractivity contribution is 7.80. The predicted octanol–water partition coefficient (Wildman–Crippen LogP) is 3.53. The first-order valence-electron chi connectivity index (χ1n) is 6.16. The van der Waals surface area contributed by atoms with Crippen LogP contribution in [0.1, 0.15) is 21.5 Å². The van der Waals surface area contributed by atoms with Gasteiger partial charge >= 0.3 is 0 Å². The van der Waals surface area contributed by atoms with Crippen LogP contribution in [0, 0.1) is 6.92 Å². The largest absolute Gasteiger partial charge is 0.493 e. The van der Waals surface area contributed by atoms with Gasteiger partial charge in [-0.2, -0.15) is 12.6 Å². The Morgan fingerprint density at radius 2 is 1.53 bits per heavy atom. The van der Waals surface area contributed by atoms with Gasteiger partial charge in [0.1, 0.15) is 5.75 Å². The summed E-state index contributed by atoms with van der Waals surface area (Å²) in [4.78, 5) is 12.2. The van der Waals surface area contributed by atoms with Gasteiger partial charge in [-0.15, -0.1) is 0 Å². The van der Waals surface area contributed by atoms with E-state index in [0.29, 0.717) is 23.5 Å². The van der Waals surface area contributed by atoms with Crippen molar-refractivity contribution in [1.82, 2.24) is 0 Å². The molecule has 0 aliphatic carbocycles. The molecule has 98 valence electrons. The lowest BCUT2D eigenvalue weighted by Gasteiger charge is -2.05. The van der Waals surface area contributed by atoms with Gasteiger partial charge in [0.05, 0.1) is 6.61 Å². The van der Waals surface area contributed by atoms with E-state index < -0.39 is 0 Å². The summed E-state index contributed by atoms with van der Waals surface area (Å²) in [6.07, 6.45) is 0. The van der Waals surface area contributed by atoms with Crippen molar-refractivity contribution in [2.75, 3.05) is 12.4 Å². The van der Waals surface area contributed by atoms with Crippen LogP contribution in [0.5, 0.6) is 5.75 Å². The second-order valence-electron chi connectivity index (χ2n) is 4.29. The van der Waals surface area contributed by atoms with Crippen molar-refractivity contribution >= 4 is 18.4 Å². The Balaban J connectivity index is 2.13. The van der Waals surface area contributed by atoms with E-state index in [4.69, 9.17) is 4.74 Å². The summed E-state index contributed by atoms with van der Waals surface area (Å²) < 4.78 is 5.42. The lowest BCUT2D eigenvalue weighted by atomic mass is 10.0. The van der Waals surface area contributed by atoms with Crippen LogP contribution in [0.2, 0.25) is 0 Å². The Kier molecular flexibility index (Phi) is 4.63. The highest BCUT2D eigenvalue weighted by Crippen LogP contribution is 2.16. The smallest absolute Gasteiger partial charge is 0.193 e. The van der Waals surface area contributed by atoms with Crippen LogP contribution in [0.25, 0.3) is 0 Å². The van der Waals surface area contributed by atoms with Crippen molar-refractivity contribution in [3.05, 3.63) is 65.2 Å². The molecule has 0 saturated heterocycles. The molecule has 0 unspecified atom stereocenters. The Bertz CT molecular complexity index is 544. The van der Waals surface area contributed by atoms with Crippen LogP contribution in [0.15, 0.2) is 48.5 Å². The Labute approximate surface area is 118 Å². The molecular formula is C16H16O2S. The maximum atomic E-state index is 12.2. The fourth-order valence-corrected chi connectivity index (χ4v) is 1.83. The zero-order valence-corrected chi connectivity index (χ0v) is 11.7. The molecule has 0 radical (unpaired) electrons. The second kappa shape index (κ2) is 6.43. The predicted molar refractivity (Wildman–Crippen MR) is 80.4 cm³/mol. The molecule has 0 aliphatic rings. The van der Waals surface area contributed by atoms with E-state index in [1.165, 1.54) is 0 Å². The number of ether oxygens (including phenoxy) is 1. The van der Waals surface area contributed by atoms with Gasteiger partial charge in [-0.05, 0) is 31.2 Å². The van der Waals surface area contributed by atoms with E-state index in [-0.39, 0.29) is 5.78 Å². The van der Waals surface area contributed by atoms with Crippen molar-refractivity contribution in [3.8, 4) is 5.75 Å².